The van der Waals surface area contributed by atoms with Crippen molar-refractivity contribution in [2.24, 2.45) is 0 Å². The number of carboxylic acid groups (broad SMARTS) is 1. The van der Waals surface area contributed by atoms with Crippen LogP contribution < -0.4 is 4.74 Å². The Morgan fingerprint density at radius 3 is 2.48 bits per heavy atom. The van der Waals surface area contributed by atoms with Gasteiger partial charge in [0.1, 0.15) is 0 Å². The third-order valence-corrected chi connectivity index (χ3v) is 4.29. The molecule has 1 aromatic heterocycles. The molecule has 1 N–H and O–H groups in total. The maximum Gasteiger partial charge on any atom is 0.303 e. The van der Waals surface area contributed by atoms with Crippen LogP contribution in [0.2, 0.25) is 0 Å². The largest absolute Gasteiger partial charge is 0.481 e. The lowest BCUT2D eigenvalue weighted by atomic mass is 9.80. The molecule has 0 spiro atoms. The van der Waals surface area contributed by atoms with Gasteiger partial charge in [-0.2, -0.15) is 0 Å². The SMILES string of the molecule is CC(C)Oc1ncccc1-c1ccc(C(C)(C)CCCC(=O)O)cc1. The van der Waals surface area contributed by atoms with E-state index in [-0.39, 0.29) is 17.9 Å². The van der Waals surface area contributed by atoms with E-state index in [4.69, 9.17) is 9.84 Å². The second-order valence-corrected chi connectivity index (χ2v) is 7.23. The van der Waals surface area contributed by atoms with Gasteiger partial charge in [-0.05, 0) is 55.4 Å². The summed E-state index contributed by atoms with van der Waals surface area (Å²) < 4.78 is 5.81. The van der Waals surface area contributed by atoms with E-state index in [9.17, 15) is 4.79 Å². The number of pyridine rings is 1. The fourth-order valence-corrected chi connectivity index (χ4v) is 2.85. The molecule has 4 heteroatoms. The Hall–Kier alpha value is -2.36. The van der Waals surface area contributed by atoms with Crippen LogP contribution in [0.25, 0.3) is 11.1 Å². The second kappa shape index (κ2) is 8.15. The van der Waals surface area contributed by atoms with Gasteiger partial charge in [0.25, 0.3) is 0 Å². The first-order valence-electron chi connectivity index (χ1n) is 8.74. The molecule has 0 aliphatic heterocycles. The third-order valence-electron chi connectivity index (χ3n) is 4.29. The summed E-state index contributed by atoms with van der Waals surface area (Å²) in [6, 6.07) is 12.3. The number of carboxylic acids is 1. The smallest absolute Gasteiger partial charge is 0.303 e. The lowest BCUT2D eigenvalue weighted by Gasteiger charge is -2.25. The van der Waals surface area contributed by atoms with E-state index in [1.165, 1.54) is 5.56 Å². The van der Waals surface area contributed by atoms with Gasteiger partial charge in [0, 0.05) is 18.2 Å². The van der Waals surface area contributed by atoms with E-state index in [0.717, 1.165) is 17.5 Å². The number of carbonyl (C=O) groups is 1. The predicted molar refractivity (Wildman–Crippen MR) is 99.9 cm³/mol. The number of rotatable bonds is 8. The predicted octanol–water partition coefficient (Wildman–Crippen LogP) is 5.07. The molecule has 0 aliphatic rings. The summed E-state index contributed by atoms with van der Waals surface area (Å²) in [5, 5.41) is 8.81. The third kappa shape index (κ3) is 5.31. The molecule has 0 aliphatic carbocycles. The highest BCUT2D eigenvalue weighted by Gasteiger charge is 2.21. The van der Waals surface area contributed by atoms with Crippen molar-refractivity contribution in [1.29, 1.82) is 0 Å². The fourth-order valence-electron chi connectivity index (χ4n) is 2.85. The molecule has 1 heterocycles. The van der Waals surface area contributed by atoms with Crippen molar-refractivity contribution in [2.75, 3.05) is 0 Å². The van der Waals surface area contributed by atoms with Crippen LogP contribution in [0.5, 0.6) is 5.88 Å². The van der Waals surface area contributed by atoms with Gasteiger partial charge < -0.3 is 9.84 Å². The molecular formula is C21H27NO3. The first-order chi connectivity index (χ1) is 11.8. The standard InChI is InChI=1S/C21H27NO3/c1-15(2)25-20-18(7-6-14-22-20)16-9-11-17(12-10-16)21(3,4)13-5-8-19(23)24/h6-7,9-12,14-15H,5,8,13H2,1-4H3,(H,23,24). The number of hydrogen-bond donors (Lipinski definition) is 1. The first kappa shape index (κ1) is 19.0. The van der Waals surface area contributed by atoms with Crippen LogP contribution in [0.4, 0.5) is 0 Å². The van der Waals surface area contributed by atoms with Crippen molar-refractivity contribution in [3.8, 4) is 17.0 Å². The molecule has 0 radical (unpaired) electrons. The summed E-state index contributed by atoms with van der Waals surface area (Å²) in [7, 11) is 0. The van der Waals surface area contributed by atoms with Gasteiger partial charge in [-0.25, -0.2) is 4.98 Å². The Kier molecular flexibility index (Phi) is 6.18. The highest BCUT2D eigenvalue weighted by Crippen LogP contribution is 2.33. The van der Waals surface area contributed by atoms with Crippen molar-refractivity contribution in [3.63, 3.8) is 0 Å². The first-order valence-corrected chi connectivity index (χ1v) is 8.74. The highest BCUT2D eigenvalue weighted by atomic mass is 16.5. The number of aliphatic carboxylic acids is 1. The Morgan fingerprint density at radius 2 is 1.88 bits per heavy atom. The van der Waals surface area contributed by atoms with E-state index in [1.807, 2.05) is 26.0 Å². The molecule has 2 aromatic rings. The van der Waals surface area contributed by atoms with Crippen molar-refractivity contribution in [3.05, 3.63) is 48.2 Å². The summed E-state index contributed by atoms with van der Waals surface area (Å²) in [4.78, 5) is 15.1. The molecule has 134 valence electrons. The maximum absolute atomic E-state index is 10.7. The average Bonchev–Trinajstić information content (AvgIpc) is 2.54. The number of ether oxygens (including phenoxy) is 1. The molecule has 0 bridgehead atoms. The van der Waals surface area contributed by atoms with E-state index in [2.05, 4.69) is 43.1 Å². The summed E-state index contributed by atoms with van der Waals surface area (Å²) in [6.07, 6.45) is 3.54. The molecule has 25 heavy (non-hydrogen) atoms. The molecular weight excluding hydrogens is 314 g/mol. The van der Waals surface area contributed by atoms with Gasteiger partial charge in [0.05, 0.1) is 6.10 Å². The summed E-state index contributed by atoms with van der Waals surface area (Å²) >= 11 is 0. The normalized spacial score (nSPS) is 11.6. The van der Waals surface area contributed by atoms with Gasteiger partial charge >= 0.3 is 5.97 Å². The molecule has 0 amide bonds. The van der Waals surface area contributed by atoms with E-state index >= 15 is 0 Å². The fraction of sp³-hybridized carbons (Fsp3) is 0.429. The minimum Gasteiger partial charge on any atom is -0.481 e. The van der Waals surface area contributed by atoms with Gasteiger partial charge in [-0.15, -0.1) is 0 Å². The molecule has 0 fully saturated rings. The molecule has 0 unspecified atom stereocenters. The lowest BCUT2D eigenvalue weighted by Crippen LogP contribution is -2.17. The molecule has 0 saturated heterocycles. The van der Waals surface area contributed by atoms with Crippen molar-refractivity contribution >= 4 is 5.97 Å². The van der Waals surface area contributed by atoms with Crippen LogP contribution in [0.1, 0.15) is 52.5 Å². The quantitative estimate of drug-likeness (QED) is 0.728. The summed E-state index contributed by atoms with van der Waals surface area (Å²) in [5.74, 6) is -0.0913. The van der Waals surface area contributed by atoms with Crippen molar-refractivity contribution < 1.29 is 14.6 Å². The lowest BCUT2D eigenvalue weighted by molar-refractivity contribution is -0.137. The maximum atomic E-state index is 10.7. The van der Waals surface area contributed by atoms with Gasteiger partial charge in [0.2, 0.25) is 5.88 Å². The highest BCUT2D eigenvalue weighted by molar-refractivity contribution is 5.69. The van der Waals surface area contributed by atoms with Crippen molar-refractivity contribution in [2.45, 2.75) is 58.5 Å². The van der Waals surface area contributed by atoms with Crippen LogP contribution in [-0.2, 0) is 10.2 Å². The molecule has 2 rings (SSSR count). The molecule has 4 nitrogen and oxygen atoms in total. The zero-order valence-corrected chi connectivity index (χ0v) is 15.5. The van der Waals surface area contributed by atoms with E-state index < -0.39 is 5.97 Å². The van der Waals surface area contributed by atoms with E-state index in [0.29, 0.717) is 12.3 Å². The van der Waals surface area contributed by atoms with Crippen LogP contribution in [-0.4, -0.2) is 22.2 Å². The molecule has 0 saturated carbocycles. The molecule has 1 aromatic carbocycles. The van der Waals surface area contributed by atoms with Crippen LogP contribution in [0, 0.1) is 0 Å². The topological polar surface area (TPSA) is 59.4 Å². The average molecular weight is 341 g/mol. The Bertz CT molecular complexity index is 705. The van der Waals surface area contributed by atoms with Crippen LogP contribution >= 0.6 is 0 Å². The van der Waals surface area contributed by atoms with Crippen molar-refractivity contribution in [1.82, 2.24) is 4.98 Å². The van der Waals surface area contributed by atoms with Crippen LogP contribution in [0.3, 0.4) is 0 Å². The Morgan fingerprint density at radius 1 is 1.20 bits per heavy atom. The van der Waals surface area contributed by atoms with Gasteiger partial charge in [-0.1, -0.05) is 38.1 Å². The Labute approximate surface area is 149 Å². The Balaban J connectivity index is 2.18. The second-order valence-electron chi connectivity index (χ2n) is 7.23. The number of benzene rings is 1. The summed E-state index contributed by atoms with van der Waals surface area (Å²) in [6.45, 7) is 8.28. The zero-order chi connectivity index (χ0) is 18.4. The van der Waals surface area contributed by atoms with E-state index in [1.54, 1.807) is 6.20 Å². The summed E-state index contributed by atoms with van der Waals surface area (Å²) in [5.41, 5.74) is 3.19. The number of hydrogen-bond acceptors (Lipinski definition) is 3. The zero-order valence-electron chi connectivity index (χ0n) is 15.5. The number of aromatic nitrogens is 1. The minimum absolute atomic E-state index is 0.0554. The molecule has 0 atom stereocenters. The monoisotopic (exact) mass is 341 g/mol. The minimum atomic E-state index is -0.736. The van der Waals surface area contributed by atoms with Gasteiger partial charge in [0.15, 0.2) is 0 Å². The number of nitrogens with zero attached hydrogens (tertiary/aromatic N) is 1. The van der Waals surface area contributed by atoms with Crippen LogP contribution in [0.15, 0.2) is 42.6 Å². The van der Waals surface area contributed by atoms with Gasteiger partial charge in [-0.3, -0.25) is 4.79 Å².